The number of nitrogens with zero attached hydrogens (tertiary/aromatic N) is 2. The van der Waals surface area contributed by atoms with Crippen molar-refractivity contribution in [1.82, 2.24) is 14.7 Å². The molecule has 1 saturated carbocycles. The van der Waals surface area contributed by atoms with Crippen molar-refractivity contribution in [3.8, 4) is 11.8 Å². The number of sulfonamides is 1. The summed E-state index contributed by atoms with van der Waals surface area (Å²) in [6, 6.07) is 7.49. The number of hydrogen-bond donors (Lipinski definition) is 1. The Kier molecular flexibility index (Phi) is 6.28. The van der Waals surface area contributed by atoms with Gasteiger partial charge < -0.3 is 9.47 Å². The molecular weight excluding hydrogens is 366 g/mol. The second kappa shape index (κ2) is 8.67. The van der Waals surface area contributed by atoms with Crippen LogP contribution in [0.25, 0.3) is 0 Å². The van der Waals surface area contributed by atoms with Crippen molar-refractivity contribution in [2.24, 2.45) is 0 Å². The van der Waals surface area contributed by atoms with E-state index in [-0.39, 0.29) is 17.9 Å². The maximum Gasteiger partial charge on any atom is 0.278 e. The Bertz CT molecular complexity index is 848. The topological polar surface area (TPSA) is 90.4 Å². The Balaban J connectivity index is 1.50. The van der Waals surface area contributed by atoms with Crippen molar-refractivity contribution >= 4 is 10.0 Å². The SMILES string of the molecule is COc1nccnc1OC1CCC(NS(=O)(=O)Cc2ccc(C)cc2)CC1. The van der Waals surface area contributed by atoms with Crippen LogP contribution in [-0.2, 0) is 15.8 Å². The third-order valence-corrected chi connectivity index (χ3v) is 6.01. The lowest BCUT2D eigenvalue weighted by atomic mass is 9.94. The summed E-state index contributed by atoms with van der Waals surface area (Å²) in [4.78, 5) is 8.22. The van der Waals surface area contributed by atoms with E-state index in [1.807, 2.05) is 31.2 Å². The minimum absolute atomic E-state index is 0.000508. The first-order chi connectivity index (χ1) is 12.9. The maximum atomic E-state index is 12.4. The van der Waals surface area contributed by atoms with Gasteiger partial charge in [0, 0.05) is 18.4 Å². The van der Waals surface area contributed by atoms with E-state index in [1.165, 1.54) is 7.11 Å². The highest BCUT2D eigenvalue weighted by atomic mass is 32.2. The number of aromatic nitrogens is 2. The highest BCUT2D eigenvalue weighted by molar-refractivity contribution is 7.88. The molecule has 3 rings (SSSR count). The number of rotatable bonds is 7. The van der Waals surface area contributed by atoms with Crippen LogP contribution >= 0.6 is 0 Å². The van der Waals surface area contributed by atoms with E-state index in [0.717, 1.165) is 36.8 Å². The van der Waals surface area contributed by atoms with Gasteiger partial charge >= 0.3 is 0 Å². The molecule has 146 valence electrons. The summed E-state index contributed by atoms with van der Waals surface area (Å²) < 4.78 is 38.7. The number of methoxy groups -OCH3 is 1. The second-order valence-electron chi connectivity index (χ2n) is 6.82. The summed E-state index contributed by atoms with van der Waals surface area (Å²) in [6.45, 7) is 1.98. The van der Waals surface area contributed by atoms with Gasteiger partial charge in [-0.05, 0) is 38.2 Å². The smallest absolute Gasteiger partial charge is 0.278 e. The molecule has 0 aliphatic heterocycles. The van der Waals surface area contributed by atoms with Crippen LogP contribution in [0.2, 0.25) is 0 Å². The van der Waals surface area contributed by atoms with Crippen LogP contribution in [0, 0.1) is 6.92 Å². The fourth-order valence-electron chi connectivity index (χ4n) is 3.19. The van der Waals surface area contributed by atoms with E-state index in [1.54, 1.807) is 12.4 Å². The van der Waals surface area contributed by atoms with Gasteiger partial charge in [-0.1, -0.05) is 29.8 Å². The fraction of sp³-hybridized carbons (Fsp3) is 0.474. The van der Waals surface area contributed by atoms with Crippen LogP contribution in [-0.4, -0.2) is 37.6 Å². The van der Waals surface area contributed by atoms with Crippen molar-refractivity contribution in [2.45, 2.75) is 50.5 Å². The van der Waals surface area contributed by atoms with Gasteiger partial charge in [0.25, 0.3) is 11.8 Å². The minimum atomic E-state index is -3.37. The molecule has 27 heavy (non-hydrogen) atoms. The van der Waals surface area contributed by atoms with Crippen molar-refractivity contribution in [3.63, 3.8) is 0 Å². The molecule has 1 heterocycles. The summed E-state index contributed by atoms with van der Waals surface area (Å²) >= 11 is 0. The van der Waals surface area contributed by atoms with E-state index in [4.69, 9.17) is 9.47 Å². The molecule has 1 aromatic carbocycles. The predicted octanol–water partition coefficient (Wildman–Crippen LogP) is 2.60. The van der Waals surface area contributed by atoms with Crippen molar-refractivity contribution < 1.29 is 17.9 Å². The van der Waals surface area contributed by atoms with Crippen LogP contribution < -0.4 is 14.2 Å². The van der Waals surface area contributed by atoms with Crippen LogP contribution in [0.4, 0.5) is 0 Å². The summed E-state index contributed by atoms with van der Waals surface area (Å²) in [6.07, 6.45) is 6.03. The lowest BCUT2D eigenvalue weighted by molar-refractivity contribution is 0.132. The number of benzene rings is 1. The fourth-order valence-corrected chi connectivity index (χ4v) is 4.65. The van der Waals surface area contributed by atoms with Crippen LogP contribution in [0.15, 0.2) is 36.7 Å². The van der Waals surface area contributed by atoms with Gasteiger partial charge in [-0.15, -0.1) is 0 Å². The minimum Gasteiger partial charge on any atom is -0.477 e. The van der Waals surface area contributed by atoms with Crippen LogP contribution in [0.1, 0.15) is 36.8 Å². The summed E-state index contributed by atoms with van der Waals surface area (Å²) in [5, 5.41) is 0. The Labute approximate surface area is 160 Å². The van der Waals surface area contributed by atoms with Gasteiger partial charge in [-0.25, -0.2) is 23.1 Å². The Morgan fingerprint density at radius 2 is 1.67 bits per heavy atom. The number of aryl methyl sites for hydroxylation is 1. The zero-order valence-corrected chi connectivity index (χ0v) is 16.4. The van der Waals surface area contributed by atoms with Crippen LogP contribution in [0.3, 0.4) is 0 Å². The van der Waals surface area contributed by atoms with Crippen LogP contribution in [0.5, 0.6) is 11.8 Å². The van der Waals surface area contributed by atoms with Crippen molar-refractivity contribution in [3.05, 3.63) is 47.8 Å². The third-order valence-electron chi connectivity index (χ3n) is 4.60. The highest BCUT2D eigenvalue weighted by Gasteiger charge is 2.27. The summed E-state index contributed by atoms with van der Waals surface area (Å²) in [5.74, 6) is 0.738. The molecule has 0 unspecified atom stereocenters. The molecule has 7 nitrogen and oxygen atoms in total. The summed E-state index contributed by atoms with van der Waals surface area (Å²) in [5.41, 5.74) is 1.90. The Morgan fingerprint density at radius 1 is 1.04 bits per heavy atom. The molecule has 0 radical (unpaired) electrons. The van der Waals surface area contributed by atoms with Gasteiger partial charge in [-0.3, -0.25) is 0 Å². The number of ether oxygens (including phenoxy) is 2. The second-order valence-corrected chi connectivity index (χ2v) is 8.58. The molecular formula is C19H25N3O4S. The van der Waals surface area contributed by atoms with Gasteiger partial charge in [-0.2, -0.15) is 0 Å². The molecule has 0 atom stereocenters. The number of nitrogens with one attached hydrogen (secondary N) is 1. The van der Waals surface area contributed by atoms with Gasteiger partial charge in [0.05, 0.1) is 12.9 Å². The first kappa shape index (κ1) is 19.6. The maximum absolute atomic E-state index is 12.4. The number of hydrogen-bond acceptors (Lipinski definition) is 6. The molecule has 1 fully saturated rings. The molecule has 2 aromatic rings. The quantitative estimate of drug-likeness (QED) is 0.780. The molecule has 0 amide bonds. The standard InChI is InChI=1S/C19H25N3O4S/c1-14-3-5-15(6-4-14)13-27(23,24)22-16-7-9-17(10-8-16)26-19-18(25-2)20-11-12-21-19/h3-6,11-12,16-17,22H,7-10,13H2,1-2H3. The van der Waals surface area contributed by atoms with E-state index >= 15 is 0 Å². The lowest BCUT2D eigenvalue weighted by Gasteiger charge is -2.29. The molecule has 0 spiro atoms. The Morgan fingerprint density at radius 3 is 2.30 bits per heavy atom. The van der Waals surface area contributed by atoms with E-state index < -0.39 is 10.0 Å². The average Bonchev–Trinajstić information content (AvgIpc) is 2.65. The zero-order valence-electron chi connectivity index (χ0n) is 15.6. The van der Waals surface area contributed by atoms with E-state index in [0.29, 0.717) is 11.8 Å². The Hall–Kier alpha value is -2.19. The molecule has 0 bridgehead atoms. The highest BCUT2D eigenvalue weighted by Crippen LogP contribution is 2.27. The van der Waals surface area contributed by atoms with Gasteiger partial charge in [0.2, 0.25) is 10.0 Å². The monoisotopic (exact) mass is 391 g/mol. The largest absolute Gasteiger partial charge is 0.477 e. The molecule has 0 saturated heterocycles. The van der Waals surface area contributed by atoms with Crippen molar-refractivity contribution in [2.75, 3.05) is 7.11 Å². The van der Waals surface area contributed by atoms with E-state index in [9.17, 15) is 8.42 Å². The lowest BCUT2D eigenvalue weighted by Crippen LogP contribution is -2.40. The molecule has 1 aliphatic rings. The first-order valence-corrected chi connectivity index (χ1v) is 10.7. The normalized spacial score (nSPS) is 20.2. The van der Waals surface area contributed by atoms with Crippen molar-refractivity contribution in [1.29, 1.82) is 0 Å². The molecule has 1 aliphatic carbocycles. The zero-order chi connectivity index (χ0) is 19.3. The molecule has 8 heteroatoms. The molecule has 1 N–H and O–H groups in total. The van der Waals surface area contributed by atoms with Gasteiger partial charge in [0.1, 0.15) is 6.10 Å². The molecule has 1 aromatic heterocycles. The average molecular weight is 391 g/mol. The van der Waals surface area contributed by atoms with E-state index in [2.05, 4.69) is 14.7 Å². The summed E-state index contributed by atoms with van der Waals surface area (Å²) in [7, 11) is -1.84. The first-order valence-electron chi connectivity index (χ1n) is 9.02. The predicted molar refractivity (Wildman–Crippen MR) is 102 cm³/mol. The van der Waals surface area contributed by atoms with Gasteiger partial charge in [0.15, 0.2) is 0 Å². The third kappa shape index (κ3) is 5.64.